The molecule has 1 spiro atoms. The molecule has 2 aliphatic rings. The summed E-state index contributed by atoms with van der Waals surface area (Å²) in [5.41, 5.74) is 5.18. The Morgan fingerprint density at radius 3 is 1.39 bits per heavy atom. The zero-order valence-electron chi connectivity index (χ0n) is 18.0. The van der Waals surface area contributed by atoms with Crippen molar-refractivity contribution < 1.29 is 28.2 Å². The summed E-state index contributed by atoms with van der Waals surface area (Å²) in [5, 5.41) is 0. The van der Waals surface area contributed by atoms with Gasteiger partial charge in [0.25, 0.3) is 0 Å². The van der Waals surface area contributed by atoms with Crippen molar-refractivity contribution in [2.45, 2.75) is 64.4 Å². The van der Waals surface area contributed by atoms with Gasteiger partial charge in [0.05, 0.1) is 0 Å². The molecule has 28 heavy (non-hydrogen) atoms. The van der Waals surface area contributed by atoms with Gasteiger partial charge in [-0.3, -0.25) is 0 Å². The molecular weight excluding hydrogens is 338 g/mol. The van der Waals surface area contributed by atoms with E-state index in [2.05, 4.69) is 88.4 Å². The Kier molecular flexibility index (Phi) is 6.05. The van der Waals surface area contributed by atoms with E-state index in [1.165, 1.54) is 22.3 Å². The summed E-state index contributed by atoms with van der Waals surface area (Å²) in [4.78, 5) is 0. The monoisotopic (exact) mass is 368 g/mol. The summed E-state index contributed by atoms with van der Waals surface area (Å²) >= 11 is 0. The maximum Gasteiger partial charge on any atom is 1.00 e. The normalized spacial score (nSPS) is 21.7. The molecule has 2 aliphatic heterocycles. The van der Waals surface area contributed by atoms with Crippen molar-refractivity contribution in [3.8, 4) is 0 Å². The molecular formula is C24H30BLiO2. The third-order valence-electron chi connectivity index (χ3n) is 6.60. The second kappa shape index (κ2) is 7.88. The van der Waals surface area contributed by atoms with Crippen LogP contribution < -0.4 is 18.9 Å². The van der Waals surface area contributed by atoms with Crippen LogP contribution in [0.5, 0.6) is 0 Å². The smallest absolute Gasteiger partial charge is 0.561 e. The van der Waals surface area contributed by atoms with Crippen molar-refractivity contribution in [3.05, 3.63) is 82.9 Å². The van der Waals surface area contributed by atoms with E-state index in [4.69, 9.17) is 9.31 Å². The van der Waals surface area contributed by atoms with Crippen LogP contribution in [0.2, 0.25) is 12.6 Å². The van der Waals surface area contributed by atoms with E-state index < -0.39 is 6.55 Å². The van der Waals surface area contributed by atoms with Crippen molar-refractivity contribution in [3.63, 3.8) is 0 Å². The Bertz CT molecular complexity index is 772. The predicted octanol–water partition coefficient (Wildman–Crippen LogP) is 2.83. The molecule has 2 nitrogen and oxygen atoms in total. The van der Waals surface area contributed by atoms with Gasteiger partial charge in [-0.05, 0) is 51.7 Å². The van der Waals surface area contributed by atoms with Gasteiger partial charge in [0.2, 0.25) is 6.55 Å². The van der Waals surface area contributed by atoms with Crippen LogP contribution in [0, 0.1) is 0 Å². The maximum atomic E-state index is 6.65. The molecule has 4 rings (SSSR count). The first-order valence-corrected chi connectivity index (χ1v) is 10.1. The summed E-state index contributed by atoms with van der Waals surface area (Å²) in [6.45, 7) is 7.36. The quantitative estimate of drug-likeness (QED) is 0.611. The van der Waals surface area contributed by atoms with Gasteiger partial charge in [-0.15, -0.1) is 12.6 Å². The molecule has 0 amide bonds. The summed E-state index contributed by atoms with van der Waals surface area (Å²) in [7, 11) is 0. The number of hydrogen-bond acceptors (Lipinski definition) is 2. The zero-order chi connectivity index (χ0) is 19.1. The van der Waals surface area contributed by atoms with Gasteiger partial charge in [0.1, 0.15) is 0 Å². The summed E-state index contributed by atoms with van der Waals surface area (Å²) < 4.78 is 13.3. The van der Waals surface area contributed by atoms with Gasteiger partial charge in [-0.25, -0.2) is 0 Å². The van der Waals surface area contributed by atoms with Crippen molar-refractivity contribution in [2.24, 2.45) is 0 Å². The van der Waals surface area contributed by atoms with Crippen LogP contribution in [-0.2, 0) is 22.2 Å². The number of hydrogen-bond donors (Lipinski definition) is 0. The molecule has 2 heterocycles. The molecule has 1 saturated heterocycles. The molecule has 0 aromatic heterocycles. The molecule has 0 N–H and O–H groups in total. The van der Waals surface area contributed by atoms with Gasteiger partial charge < -0.3 is 9.31 Å². The summed E-state index contributed by atoms with van der Waals surface area (Å²) in [5.74, 6) is 0. The molecule has 142 valence electrons. The molecule has 0 atom stereocenters. The van der Waals surface area contributed by atoms with E-state index in [1.807, 2.05) is 0 Å². The summed E-state index contributed by atoms with van der Waals surface area (Å²) in [6.07, 6.45) is 3.81. The Morgan fingerprint density at radius 2 is 1.04 bits per heavy atom. The standard InChI is InChI=1S/C24H30BO2.Li/c1-23(2)24(3,4)27-25(26-23)17-21(15-19-11-7-5-8-12-19)22(18-25)16-20-13-9-6-10-14-20;/h5-14H,15-18H2,1-4H3;/q-1;+1. The second-order valence-corrected chi connectivity index (χ2v) is 9.25. The Morgan fingerprint density at radius 1 is 0.679 bits per heavy atom. The molecule has 0 radical (unpaired) electrons. The minimum atomic E-state index is -1.29. The van der Waals surface area contributed by atoms with Crippen molar-refractivity contribution >= 4 is 6.55 Å². The molecule has 1 fully saturated rings. The minimum absolute atomic E-state index is 0. The van der Waals surface area contributed by atoms with Crippen molar-refractivity contribution in [1.29, 1.82) is 0 Å². The van der Waals surface area contributed by atoms with E-state index in [1.54, 1.807) is 0 Å². The van der Waals surface area contributed by atoms with Crippen LogP contribution in [0.3, 0.4) is 0 Å². The molecule has 0 unspecified atom stereocenters. The third-order valence-corrected chi connectivity index (χ3v) is 6.60. The topological polar surface area (TPSA) is 18.5 Å². The van der Waals surface area contributed by atoms with Crippen molar-refractivity contribution in [2.75, 3.05) is 0 Å². The van der Waals surface area contributed by atoms with E-state index in [9.17, 15) is 0 Å². The SMILES string of the molecule is CC1(C)O[B-]2(CC(Cc3ccccc3)=C(Cc3ccccc3)C2)OC1(C)C.[Li+]. The van der Waals surface area contributed by atoms with Crippen LogP contribution in [0.1, 0.15) is 38.8 Å². The molecule has 2 aromatic rings. The van der Waals surface area contributed by atoms with Crippen LogP contribution in [0.4, 0.5) is 0 Å². The van der Waals surface area contributed by atoms with Crippen molar-refractivity contribution in [1.82, 2.24) is 0 Å². The molecule has 0 bridgehead atoms. The molecule has 0 saturated carbocycles. The third kappa shape index (κ3) is 4.19. The first-order valence-electron chi connectivity index (χ1n) is 10.1. The second-order valence-electron chi connectivity index (χ2n) is 9.25. The van der Waals surface area contributed by atoms with E-state index in [0.29, 0.717) is 0 Å². The first-order chi connectivity index (χ1) is 12.8. The van der Waals surface area contributed by atoms with Crippen LogP contribution in [0.15, 0.2) is 71.8 Å². The number of benzene rings is 2. The van der Waals surface area contributed by atoms with Gasteiger partial charge >= 0.3 is 18.9 Å². The summed E-state index contributed by atoms with van der Waals surface area (Å²) in [6, 6.07) is 21.5. The Labute approximate surface area is 181 Å². The largest absolute Gasteiger partial charge is 1.00 e. The number of allylic oxidation sites excluding steroid dienone is 2. The number of rotatable bonds is 4. The molecule has 2 aromatic carbocycles. The fourth-order valence-electron chi connectivity index (χ4n) is 4.74. The van der Waals surface area contributed by atoms with Crippen LogP contribution >= 0.6 is 0 Å². The van der Waals surface area contributed by atoms with Crippen LogP contribution in [-0.4, -0.2) is 17.8 Å². The van der Waals surface area contributed by atoms with E-state index in [-0.39, 0.29) is 30.1 Å². The van der Waals surface area contributed by atoms with E-state index in [0.717, 1.165) is 25.5 Å². The fraction of sp³-hybridized carbons (Fsp3) is 0.417. The molecule has 4 heteroatoms. The van der Waals surface area contributed by atoms with Gasteiger partial charge in [0, 0.05) is 11.2 Å². The Balaban J connectivity index is 0.00000225. The predicted molar refractivity (Wildman–Crippen MR) is 113 cm³/mol. The van der Waals surface area contributed by atoms with Gasteiger partial charge in [0.15, 0.2) is 0 Å². The zero-order valence-corrected chi connectivity index (χ0v) is 18.0. The minimum Gasteiger partial charge on any atom is -0.561 e. The van der Waals surface area contributed by atoms with Gasteiger partial charge in [-0.1, -0.05) is 71.8 Å². The van der Waals surface area contributed by atoms with Crippen LogP contribution in [0.25, 0.3) is 0 Å². The first kappa shape index (κ1) is 21.5. The fourth-order valence-corrected chi connectivity index (χ4v) is 4.74. The Hall–Kier alpha value is -1.24. The molecule has 0 aliphatic carbocycles. The van der Waals surface area contributed by atoms with Gasteiger partial charge in [-0.2, -0.15) is 0 Å². The average Bonchev–Trinajstić information content (AvgIpc) is 3.00. The maximum absolute atomic E-state index is 6.65. The van der Waals surface area contributed by atoms with E-state index >= 15 is 0 Å². The average molecular weight is 368 g/mol.